The van der Waals surface area contributed by atoms with Crippen molar-refractivity contribution < 1.29 is 4.79 Å². The SMILES string of the molecule is NC1C2CCC(C2)C1C(=O)N1CCn2ccnc2C1. The molecule has 4 rings (SSSR count). The van der Waals surface area contributed by atoms with Gasteiger partial charge in [0.15, 0.2) is 0 Å². The number of rotatable bonds is 1. The van der Waals surface area contributed by atoms with E-state index in [9.17, 15) is 4.79 Å². The summed E-state index contributed by atoms with van der Waals surface area (Å²) in [5, 5.41) is 0. The van der Waals surface area contributed by atoms with Crippen LogP contribution in [0.2, 0.25) is 0 Å². The molecule has 2 bridgehead atoms. The lowest BCUT2D eigenvalue weighted by Crippen LogP contribution is -2.49. The van der Waals surface area contributed by atoms with Crippen molar-refractivity contribution in [2.24, 2.45) is 23.5 Å². The average molecular weight is 260 g/mol. The smallest absolute Gasteiger partial charge is 0.228 e. The van der Waals surface area contributed by atoms with Crippen LogP contribution in [0.4, 0.5) is 0 Å². The molecule has 0 aromatic carbocycles. The topological polar surface area (TPSA) is 64.2 Å². The summed E-state index contributed by atoms with van der Waals surface area (Å²) in [6.45, 7) is 2.30. The van der Waals surface area contributed by atoms with Crippen LogP contribution in [0.5, 0.6) is 0 Å². The van der Waals surface area contributed by atoms with Crippen molar-refractivity contribution in [3.05, 3.63) is 18.2 Å². The number of nitrogens with zero attached hydrogens (tertiary/aromatic N) is 3. The maximum atomic E-state index is 12.7. The van der Waals surface area contributed by atoms with Gasteiger partial charge in [-0.25, -0.2) is 4.98 Å². The standard InChI is InChI=1S/C14H20N4O/c15-13-10-2-1-9(7-10)12(13)14(19)18-6-5-17-4-3-16-11(17)8-18/h3-4,9-10,12-13H,1-2,5-8,15H2. The lowest BCUT2D eigenvalue weighted by Gasteiger charge is -2.34. The lowest BCUT2D eigenvalue weighted by molar-refractivity contribution is -0.139. The summed E-state index contributed by atoms with van der Waals surface area (Å²) in [5.74, 6) is 2.46. The van der Waals surface area contributed by atoms with Crippen LogP contribution in [0.1, 0.15) is 25.1 Å². The fourth-order valence-electron chi connectivity index (χ4n) is 4.27. The van der Waals surface area contributed by atoms with Gasteiger partial charge in [-0.2, -0.15) is 0 Å². The zero-order valence-electron chi connectivity index (χ0n) is 11.0. The zero-order valence-corrected chi connectivity index (χ0v) is 11.0. The predicted molar refractivity (Wildman–Crippen MR) is 69.9 cm³/mol. The number of amides is 1. The van der Waals surface area contributed by atoms with Crippen molar-refractivity contribution in [3.63, 3.8) is 0 Å². The number of hydrogen-bond acceptors (Lipinski definition) is 3. The summed E-state index contributed by atoms with van der Waals surface area (Å²) in [4.78, 5) is 19.0. The van der Waals surface area contributed by atoms with E-state index in [0.717, 1.165) is 18.9 Å². The second-order valence-corrected chi connectivity index (χ2v) is 6.23. The summed E-state index contributed by atoms with van der Waals surface area (Å²) in [6.07, 6.45) is 7.38. The van der Waals surface area contributed by atoms with Gasteiger partial charge < -0.3 is 15.2 Å². The third kappa shape index (κ3) is 1.64. The van der Waals surface area contributed by atoms with Crippen molar-refractivity contribution >= 4 is 5.91 Å². The van der Waals surface area contributed by atoms with Crippen LogP contribution < -0.4 is 5.73 Å². The van der Waals surface area contributed by atoms with Gasteiger partial charge in [-0.15, -0.1) is 0 Å². The van der Waals surface area contributed by atoms with Crippen LogP contribution in [0.3, 0.4) is 0 Å². The van der Waals surface area contributed by atoms with Crippen LogP contribution in [-0.4, -0.2) is 32.9 Å². The second kappa shape index (κ2) is 4.07. The summed E-state index contributed by atoms with van der Waals surface area (Å²) in [5.41, 5.74) is 6.28. The van der Waals surface area contributed by atoms with Gasteiger partial charge in [0.2, 0.25) is 5.91 Å². The van der Waals surface area contributed by atoms with Gasteiger partial charge in [-0.1, -0.05) is 0 Å². The van der Waals surface area contributed by atoms with Crippen molar-refractivity contribution in [2.45, 2.75) is 38.4 Å². The molecule has 2 aliphatic carbocycles. The minimum absolute atomic E-state index is 0.0697. The molecular weight excluding hydrogens is 240 g/mol. The molecule has 4 atom stereocenters. The molecule has 19 heavy (non-hydrogen) atoms. The summed E-state index contributed by atoms with van der Waals surface area (Å²) >= 11 is 0. The van der Waals surface area contributed by atoms with Gasteiger partial charge in [0.25, 0.3) is 0 Å². The fraction of sp³-hybridized carbons (Fsp3) is 0.714. The fourth-order valence-corrected chi connectivity index (χ4v) is 4.27. The number of imidazole rings is 1. The Balaban J connectivity index is 1.53. The average Bonchev–Trinajstić information content (AvgIpc) is 3.12. The van der Waals surface area contributed by atoms with Crippen molar-refractivity contribution in [2.75, 3.05) is 6.54 Å². The van der Waals surface area contributed by atoms with Crippen molar-refractivity contribution in [3.8, 4) is 0 Å². The van der Waals surface area contributed by atoms with Gasteiger partial charge in [0.05, 0.1) is 12.5 Å². The number of fused-ring (bicyclic) bond motifs is 3. The molecule has 0 radical (unpaired) electrons. The van der Waals surface area contributed by atoms with Crippen LogP contribution in [0, 0.1) is 17.8 Å². The first-order valence-electron chi connectivity index (χ1n) is 7.28. The monoisotopic (exact) mass is 260 g/mol. The van der Waals surface area contributed by atoms with E-state index in [4.69, 9.17) is 5.73 Å². The number of carbonyl (C=O) groups excluding carboxylic acids is 1. The highest BCUT2D eigenvalue weighted by atomic mass is 16.2. The van der Waals surface area contributed by atoms with E-state index in [2.05, 4.69) is 9.55 Å². The molecule has 0 saturated heterocycles. The molecule has 2 N–H and O–H groups in total. The molecule has 2 saturated carbocycles. The molecule has 0 spiro atoms. The maximum Gasteiger partial charge on any atom is 0.228 e. The number of carbonyl (C=O) groups is 1. The number of hydrogen-bond donors (Lipinski definition) is 1. The van der Waals surface area contributed by atoms with E-state index < -0.39 is 0 Å². The quantitative estimate of drug-likeness (QED) is 0.804. The molecule has 1 aromatic heterocycles. The van der Waals surface area contributed by atoms with E-state index in [0.29, 0.717) is 18.4 Å². The molecule has 2 fully saturated rings. The zero-order chi connectivity index (χ0) is 13.0. The van der Waals surface area contributed by atoms with Gasteiger partial charge in [-0.05, 0) is 31.1 Å². The third-order valence-corrected chi connectivity index (χ3v) is 5.32. The molecule has 102 valence electrons. The van der Waals surface area contributed by atoms with Crippen molar-refractivity contribution in [1.29, 1.82) is 0 Å². The lowest BCUT2D eigenvalue weighted by atomic mass is 9.84. The van der Waals surface area contributed by atoms with E-state index in [1.54, 1.807) is 0 Å². The number of aromatic nitrogens is 2. The van der Waals surface area contributed by atoms with E-state index in [1.165, 1.54) is 19.3 Å². The Labute approximate surface area is 112 Å². The van der Waals surface area contributed by atoms with E-state index in [-0.39, 0.29) is 17.9 Å². The minimum atomic E-state index is 0.0697. The normalized spacial score (nSPS) is 36.6. The maximum absolute atomic E-state index is 12.7. The molecule has 5 nitrogen and oxygen atoms in total. The summed E-state index contributed by atoms with van der Waals surface area (Å²) in [6, 6.07) is 0.0907. The second-order valence-electron chi connectivity index (χ2n) is 6.23. The van der Waals surface area contributed by atoms with Gasteiger partial charge in [0, 0.05) is 31.5 Å². The van der Waals surface area contributed by atoms with Crippen LogP contribution in [0.25, 0.3) is 0 Å². The van der Waals surface area contributed by atoms with Gasteiger partial charge >= 0.3 is 0 Å². The largest absolute Gasteiger partial charge is 0.333 e. The highest BCUT2D eigenvalue weighted by Crippen LogP contribution is 2.48. The first kappa shape index (κ1) is 11.5. The Hall–Kier alpha value is -1.36. The Morgan fingerprint density at radius 1 is 1.32 bits per heavy atom. The summed E-state index contributed by atoms with van der Waals surface area (Å²) in [7, 11) is 0. The molecule has 1 aliphatic heterocycles. The third-order valence-electron chi connectivity index (χ3n) is 5.32. The molecular formula is C14H20N4O. The first-order valence-corrected chi connectivity index (χ1v) is 7.28. The Morgan fingerprint density at radius 3 is 2.95 bits per heavy atom. The molecule has 2 heterocycles. The predicted octanol–water partition coefficient (Wildman–Crippen LogP) is 0.599. The molecule has 1 aromatic rings. The van der Waals surface area contributed by atoms with Crippen molar-refractivity contribution in [1.82, 2.24) is 14.5 Å². The highest BCUT2D eigenvalue weighted by molar-refractivity contribution is 5.80. The Bertz CT molecular complexity index is 509. The molecule has 3 aliphatic rings. The molecule has 5 heteroatoms. The molecule has 1 amide bonds. The van der Waals surface area contributed by atoms with Crippen LogP contribution in [-0.2, 0) is 17.9 Å². The van der Waals surface area contributed by atoms with Crippen LogP contribution >= 0.6 is 0 Å². The van der Waals surface area contributed by atoms with E-state index in [1.807, 2.05) is 17.3 Å². The number of nitrogens with two attached hydrogens (primary N) is 1. The van der Waals surface area contributed by atoms with E-state index >= 15 is 0 Å². The summed E-state index contributed by atoms with van der Waals surface area (Å²) < 4.78 is 2.13. The Kier molecular flexibility index (Phi) is 2.45. The minimum Gasteiger partial charge on any atom is -0.333 e. The molecule has 4 unspecified atom stereocenters. The van der Waals surface area contributed by atoms with Gasteiger partial charge in [0.1, 0.15) is 5.82 Å². The first-order chi connectivity index (χ1) is 9.24. The Morgan fingerprint density at radius 2 is 2.16 bits per heavy atom. The van der Waals surface area contributed by atoms with Crippen LogP contribution in [0.15, 0.2) is 12.4 Å². The highest BCUT2D eigenvalue weighted by Gasteiger charge is 2.50. The van der Waals surface area contributed by atoms with Gasteiger partial charge in [-0.3, -0.25) is 4.79 Å².